The molecular formula is C22H28N4O5S. The van der Waals surface area contributed by atoms with E-state index in [1.54, 1.807) is 12.1 Å². The molecule has 9 nitrogen and oxygen atoms in total. The maximum Gasteiger partial charge on any atom is 0.306 e. The maximum absolute atomic E-state index is 12.8. The molecule has 2 aliphatic rings. The summed E-state index contributed by atoms with van der Waals surface area (Å²) in [5, 5.41) is 12.5. The van der Waals surface area contributed by atoms with Crippen LogP contribution in [-0.2, 0) is 28.9 Å². The van der Waals surface area contributed by atoms with Crippen molar-refractivity contribution in [2.75, 3.05) is 31.6 Å². The molecule has 0 bridgehead atoms. The summed E-state index contributed by atoms with van der Waals surface area (Å²) in [4.78, 5) is 39.3. The van der Waals surface area contributed by atoms with Crippen LogP contribution in [0.25, 0.3) is 0 Å². The molecule has 172 valence electrons. The molecule has 1 aromatic heterocycles. The van der Waals surface area contributed by atoms with E-state index >= 15 is 0 Å². The lowest BCUT2D eigenvalue weighted by Crippen LogP contribution is -2.35. The molecule has 0 spiro atoms. The van der Waals surface area contributed by atoms with Crippen molar-refractivity contribution in [2.24, 2.45) is 11.7 Å². The molecule has 32 heavy (non-hydrogen) atoms. The quantitative estimate of drug-likeness (QED) is 0.515. The van der Waals surface area contributed by atoms with E-state index in [0.29, 0.717) is 35.4 Å². The highest BCUT2D eigenvalue weighted by atomic mass is 32.1. The average molecular weight is 461 g/mol. The number of nitrogens with one attached hydrogen (secondary N) is 1. The number of thiophene rings is 1. The summed E-state index contributed by atoms with van der Waals surface area (Å²) >= 11 is 1.25. The molecule has 1 fully saturated rings. The molecule has 0 saturated carbocycles. The summed E-state index contributed by atoms with van der Waals surface area (Å²) in [6.07, 6.45) is 1.27. The summed E-state index contributed by atoms with van der Waals surface area (Å²) in [5.74, 6) is -2.26. The zero-order valence-corrected chi connectivity index (χ0v) is 18.6. The molecule has 2 heterocycles. The highest BCUT2D eigenvalue weighted by molar-refractivity contribution is 7.17. The number of fused-ring (bicyclic) bond motifs is 1. The van der Waals surface area contributed by atoms with Gasteiger partial charge < -0.3 is 27.0 Å². The molecule has 4 rings (SSSR count). The number of rotatable bonds is 6. The molecule has 1 aromatic carbocycles. The Morgan fingerprint density at radius 1 is 1.19 bits per heavy atom. The number of carbonyl (C=O) groups is 3. The number of amides is 2. The van der Waals surface area contributed by atoms with Gasteiger partial charge in [0.1, 0.15) is 5.00 Å². The largest absolute Gasteiger partial charge is 0.481 e. The number of carboxylic acids is 1. The van der Waals surface area contributed by atoms with Crippen molar-refractivity contribution < 1.29 is 24.2 Å². The Labute approximate surface area is 190 Å². The van der Waals surface area contributed by atoms with Crippen molar-refractivity contribution in [3.63, 3.8) is 0 Å². The van der Waals surface area contributed by atoms with Crippen LogP contribution in [0.1, 0.15) is 43.1 Å². The van der Waals surface area contributed by atoms with Gasteiger partial charge in [0.05, 0.1) is 24.7 Å². The lowest BCUT2D eigenvalue weighted by Gasteiger charge is -2.26. The molecule has 10 heteroatoms. The number of nitrogens with zero attached hydrogens (tertiary/aromatic N) is 1. The van der Waals surface area contributed by atoms with Crippen LogP contribution in [0.5, 0.6) is 0 Å². The first-order chi connectivity index (χ1) is 14.9. The van der Waals surface area contributed by atoms with Crippen LogP contribution in [0.2, 0.25) is 0 Å². The number of primary amides is 1. The van der Waals surface area contributed by atoms with Gasteiger partial charge in [0.15, 0.2) is 0 Å². The highest BCUT2D eigenvalue weighted by Crippen LogP contribution is 2.39. The third-order valence-electron chi connectivity index (χ3n) is 5.81. The van der Waals surface area contributed by atoms with Gasteiger partial charge >= 0.3 is 5.97 Å². The van der Waals surface area contributed by atoms with E-state index in [-0.39, 0.29) is 12.1 Å². The van der Waals surface area contributed by atoms with Crippen molar-refractivity contribution in [3.05, 3.63) is 51.4 Å². The lowest BCUT2D eigenvalue weighted by molar-refractivity contribution is -0.142. The van der Waals surface area contributed by atoms with Gasteiger partial charge in [-0.25, -0.2) is 0 Å². The molecule has 1 aliphatic heterocycles. The molecular weight excluding hydrogens is 432 g/mol. The first kappa shape index (κ1) is 23.9. The monoisotopic (exact) mass is 460 g/mol. The fraction of sp³-hybridized carbons (Fsp3) is 0.409. The second kappa shape index (κ2) is 10.2. The number of benzene rings is 1. The second-order valence-corrected chi connectivity index (χ2v) is 8.99. The van der Waals surface area contributed by atoms with E-state index in [2.05, 4.69) is 10.2 Å². The molecule has 1 aliphatic carbocycles. The number of carboxylic acid groups (broad SMARTS) is 1. The van der Waals surface area contributed by atoms with Gasteiger partial charge in [-0.05, 0) is 42.5 Å². The smallest absolute Gasteiger partial charge is 0.306 e. The van der Waals surface area contributed by atoms with Gasteiger partial charge in [-0.2, -0.15) is 0 Å². The number of hydrogen-bond donors (Lipinski definition) is 4. The number of hydrogen-bond acceptors (Lipinski definition) is 7. The van der Waals surface area contributed by atoms with Crippen LogP contribution < -0.4 is 17.2 Å². The summed E-state index contributed by atoms with van der Waals surface area (Å²) in [6.45, 7) is 4.06. The van der Waals surface area contributed by atoms with Crippen molar-refractivity contribution >= 4 is 34.1 Å². The van der Waals surface area contributed by atoms with E-state index in [1.807, 2.05) is 12.1 Å². The predicted octanol–water partition coefficient (Wildman–Crippen LogP) is 2.28. The van der Waals surface area contributed by atoms with Crippen LogP contribution in [-0.4, -0.2) is 54.1 Å². The van der Waals surface area contributed by atoms with E-state index in [0.717, 1.165) is 48.9 Å². The Kier molecular flexibility index (Phi) is 7.62. The SMILES string of the molecule is N.NC(=O)c1c(NC(=O)c2ccc(CN3CCOCC3)cc2)sc2c1CCC(C(=O)O)C2. The van der Waals surface area contributed by atoms with Crippen LogP contribution in [0.4, 0.5) is 5.00 Å². The first-order valence-corrected chi connectivity index (χ1v) is 11.1. The predicted molar refractivity (Wildman–Crippen MR) is 122 cm³/mol. The van der Waals surface area contributed by atoms with Crippen molar-refractivity contribution in [1.29, 1.82) is 0 Å². The molecule has 2 aromatic rings. The minimum absolute atomic E-state index is 0. The van der Waals surface area contributed by atoms with Crippen molar-refractivity contribution in [3.8, 4) is 0 Å². The van der Waals surface area contributed by atoms with Gasteiger partial charge in [0.25, 0.3) is 11.8 Å². The van der Waals surface area contributed by atoms with E-state index in [9.17, 15) is 19.5 Å². The minimum atomic E-state index is -0.845. The fourth-order valence-electron chi connectivity index (χ4n) is 4.10. The Bertz CT molecular complexity index is 998. The number of nitrogens with two attached hydrogens (primary N) is 1. The summed E-state index contributed by atoms with van der Waals surface area (Å²) in [5.41, 5.74) is 8.26. The van der Waals surface area contributed by atoms with E-state index in [1.165, 1.54) is 11.3 Å². The van der Waals surface area contributed by atoms with Gasteiger partial charge in [0.2, 0.25) is 0 Å². The molecule has 7 N–H and O–H groups in total. The van der Waals surface area contributed by atoms with Crippen LogP contribution in [0.15, 0.2) is 24.3 Å². The highest BCUT2D eigenvalue weighted by Gasteiger charge is 2.31. The summed E-state index contributed by atoms with van der Waals surface area (Å²) < 4.78 is 5.36. The normalized spacial score (nSPS) is 18.3. The summed E-state index contributed by atoms with van der Waals surface area (Å²) in [6, 6.07) is 7.39. The number of aliphatic carboxylic acids is 1. The molecule has 2 amide bonds. The topological polar surface area (TPSA) is 157 Å². The fourth-order valence-corrected chi connectivity index (χ4v) is 5.43. The average Bonchev–Trinajstić information content (AvgIpc) is 3.12. The van der Waals surface area contributed by atoms with Crippen LogP contribution in [0.3, 0.4) is 0 Å². The second-order valence-electron chi connectivity index (χ2n) is 7.89. The van der Waals surface area contributed by atoms with Gasteiger partial charge in [0, 0.05) is 30.1 Å². The third-order valence-corrected chi connectivity index (χ3v) is 6.98. The van der Waals surface area contributed by atoms with Gasteiger partial charge in [-0.3, -0.25) is 19.3 Å². The Morgan fingerprint density at radius 3 is 2.50 bits per heavy atom. The Hall–Kier alpha value is -2.79. The first-order valence-electron chi connectivity index (χ1n) is 10.3. The van der Waals surface area contributed by atoms with Gasteiger partial charge in [-0.1, -0.05) is 12.1 Å². The molecule has 0 radical (unpaired) electrons. The Balaban J connectivity index is 0.00000289. The standard InChI is InChI=1S/C22H25N3O5S.H3N/c23-19(26)18-16-6-5-15(22(28)29)11-17(16)31-21(18)24-20(27)14-3-1-13(2-4-14)12-25-7-9-30-10-8-25;/h1-4,15H,5-12H2,(H2,23,26)(H,24,27)(H,28,29);1H3. The Morgan fingerprint density at radius 2 is 1.88 bits per heavy atom. The minimum Gasteiger partial charge on any atom is -0.481 e. The third kappa shape index (κ3) is 5.16. The van der Waals surface area contributed by atoms with E-state index < -0.39 is 17.8 Å². The summed E-state index contributed by atoms with van der Waals surface area (Å²) in [7, 11) is 0. The van der Waals surface area contributed by atoms with Crippen LogP contribution in [0, 0.1) is 5.92 Å². The zero-order chi connectivity index (χ0) is 22.0. The number of carbonyl (C=O) groups excluding carboxylic acids is 2. The van der Waals surface area contributed by atoms with E-state index in [4.69, 9.17) is 10.5 Å². The number of anilines is 1. The lowest BCUT2D eigenvalue weighted by atomic mass is 9.87. The number of morpholine rings is 1. The molecule has 1 unspecified atom stereocenters. The van der Waals surface area contributed by atoms with Crippen molar-refractivity contribution in [1.82, 2.24) is 11.1 Å². The number of ether oxygens (including phenoxy) is 1. The molecule has 1 atom stereocenters. The maximum atomic E-state index is 12.8. The van der Waals surface area contributed by atoms with Gasteiger partial charge in [-0.15, -0.1) is 11.3 Å². The van der Waals surface area contributed by atoms with Crippen molar-refractivity contribution in [2.45, 2.75) is 25.8 Å². The zero-order valence-electron chi connectivity index (χ0n) is 17.8. The van der Waals surface area contributed by atoms with Crippen LogP contribution >= 0.6 is 11.3 Å². The molecule has 1 saturated heterocycles.